The van der Waals surface area contributed by atoms with E-state index < -0.39 is 4.92 Å². The van der Waals surface area contributed by atoms with Crippen LogP contribution < -0.4 is 5.73 Å². The van der Waals surface area contributed by atoms with E-state index in [0.717, 1.165) is 5.56 Å². The van der Waals surface area contributed by atoms with E-state index in [4.69, 9.17) is 17.3 Å². The summed E-state index contributed by atoms with van der Waals surface area (Å²) in [5, 5.41) is 10.5. The van der Waals surface area contributed by atoms with Gasteiger partial charge in [0.15, 0.2) is 0 Å². The van der Waals surface area contributed by atoms with Crippen molar-refractivity contribution in [3.8, 4) is 0 Å². The third kappa shape index (κ3) is 2.17. The maximum atomic E-state index is 10.4. The highest BCUT2D eigenvalue weighted by atomic mass is 35.5. The minimum atomic E-state index is -0.521. The molecule has 0 radical (unpaired) electrons. The summed E-state index contributed by atoms with van der Waals surface area (Å²) in [5.74, 6) is 0. The number of nitro groups is 1. The van der Waals surface area contributed by atoms with Crippen LogP contribution in [0, 0.1) is 10.1 Å². The fourth-order valence-corrected chi connectivity index (χ4v) is 1.21. The van der Waals surface area contributed by atoms with Crippen LogP contribution in [0.3, 0.4) is 0 Å². The Kier molecular flexibility index (Phi) is 2.85. The average molecular weight is 201 g/mol. The van der Waals surface area contributed by atoms with E-state index in [1.165, 1.54) is 12.1 Å². The minimum absolute atomic E-state index is 0.0916. The molecular formula is C8H9ClN2O2. The Balaban J connectivity index is 3.13. The molecule has 0 spiro atoms. The third-order valence-corrected chi connectivity index (χ3v) is 2.00. The van der Waals surface area contributed by atoms with E-state index in [2.05, 4.69) is 0 Å². The molecule has 0 aliphatic heterocycles. The second kappa shape index (κ2) is 3.72. The largest absolute Gasteiger partial charge is 0.324 e. The molecule has 0 heterocycles. The molecule has 0 saturated heterocycles. The van der Waals surface area contributed by atoms with E-state index in [9.17, 15) is 10.1 Å². The summed E-state index contributed by atoms with van der Waals surface area (Å²) in [6.45, 7) is 1.79. The molecule has 1 rings (SSSR count). The predicted octanol–water partition coefficient (Wildman–Crippen LogP) is 2.27. The monoisotopic (exact) mass is 200 g/mol. The molecule has 0 unspecified atom stereocenters. The number of nitrogens with two attached hydrogens (primary N) is 1. The van der Waals surface area contributed by atoms with Gasteiger partial charge in [-0.25, -0.2) is 0 Å². The van der Waals surface area contributed by atoms with Gasteiger partial charge in [-0.1, -0.05) is 17.7 Å². The Labute approximate surface area is 80.5 Å². The van der Waals surface area contributed by atoms with Gasteiger partial charge in [-0.15, -0.1) is 0 Å². The van der Waals surface area contributed by atoms with Gasteiger partial charge in [-0.2, -0.15) is 0 Å². The minimum Gasteiger partial charge on any atom is -0.324 e. The zero-order valence-electron chi connectivity index (χ0n) is 7.03. The normalized spacial score (nSPS) is 12.5. The van der Waals surface area contributed by atoms with Gasteiger partial charge in [-0.3, -0.25) is 10.1 Å². The summed E-state index contributed by atoms with van der Waals surface area (Å²) >= 11 is 5.67. The van der Waals surface area contributed by atoms with Crippen molar-refractivity contribution in [1.29, 1.82) is 0 Å². The molecule has 0 aliphatic rings. The molecule has 4 nitrogen and oxygen atoms in total. The van der Waals surface area contributed by atoms with Gasteiger partial charge in [0.2, 0.25) is 0 Å². The van der Waals surface area contributed by atoms with Crippen molar-refractivity contribution in [2.24, 2.45) is 5.73 Å². The first kappa shape index (κ1) is 9.95. The van der Waals surface area contributed by atoms with Crippen LogP contribution in [0.5, 0.6) is 0 Å². The zero-order chi connectivity index (χ0) is 10.0. The number of nitro benzene ring substituents is 1. The Morgan fingerprint density at radius 2 is 2.23 bits per heavy atom. The molecule has 70 valence electrons. The van der Waals surface area contributed by atoms with Crippen LogP contribution >= 0.6 is 11.6 Å². The van der Waals surface area contributed by atoms with Gasteiger partial charge in [0.05, 0.1) is 4.92 Å². The molecule has 0 fully saturated rings. The molecule has 0 bridgehead atoms. The van der Waals surface area contributed by atoms with Crippen LogP contribution in [0.25, 0.3) is 0 Å². The van der Waals surface area contributed by atoms with Crippen LogP contribution in [0.15, 0.2) is 18.2 Å². The molecule has 0 amide bonds. The second-order valence-electron chi connectivity index (χ2n) is 2.76. The van der Waals surface area contributed by atoms with Crippen LogP contribution in [-0.4, -0.2) is 4.92 Å². The SMILES string of the molecule is C[C@H](N)c1ccc([N+](=O)[O-])c(Cl)c1. The van der Waals surface area contributed by atoms with E-state index in [0.29, 0.717) is 0 Å². The van der Waals surface area contributed by atoms with Gasteiger partial charge >= 0.3 is 0 Å². The lowest BCUT2D eigenvalue weighted by Gasteiger charge is -2.05. The Morgan fingerprint density at radius 1 is 1.62 bits per heavy atom. The summed E-state index contributed by atoms with van der Waals surface area (Å²) in [5.41, 5.74) is 6.28. The quantitative estimate of drug-likeness (QED) is 0.588. The van der Waals surface area contributed by atoms with Crippen LogP contribution in [0.4, 0.5) is 5.69 Å². The topological polar surface area (TPSA) is 69.2 Å². The molecule has 2 N–H and O–H groups in total. The van der Waals surface area contributed by atoms with Crippen LogP contribution in [-0.2, 0) is 0 Å². The maximum Gasteiger partial charge on any atom is 0.287 e. The highest BCUT2D eigenvalue weighted by Crippen LogP contribution is 2.26. The van der Waals surface area contributed by atoms with Gasteiger partial charge in [0, 0.05) is 12.1 Å². The molecule has 5 heteroatoms. The predicted molar refractivity (Wildman–Crippen MR) is 50.7 cm³/mol. The number of rotatable bonds is 2. The molecule has 0 aromatic heterocycles. The smallest absolute Gasteiger partial charge is 0.287 e. The number of benzene rings is 1. The first-order chi connectivity index (χ1) is 6.02. The molecule has 1 atom stereocenters. The second-order valence-corrected chi connectivity index (χ2v) is 3.16. The molecule has 13 heavy (non-hydrogen) atoms. The highest BCUT2D eigenvalue weighted by molar-refractivity contribution is 6.32. The summed E-state index contributed by atoms with van der Waals surface area (Å²) in [4.78, 5) is 9.87. The lowest BCUT2D eigenvalue weighted by atomic mass is 10.1. The van der Waals surface area contributed by atoms with Crippen molar-refractivity contribution in [1.82, 2.24) is 0 Å². The van der Waals surface area contributed by atoms with Crippen molar-refractivity contribution in [2.75, 3.05) is 0 Å². The van der Waals surface area contributed by atoms with Crippen LogP contribution in [0.1, 0.15) is 18.5 Å². The molecule has 1 aromatic rings. The fourth-order valence-electron chi connectivity index (χ4n) is 0.954. The number of hydrogen-bond acceptors (Lipinski definition) is 3. The zero-order valence-corrected chi connectivity index (χ0v) is 7.78. The molecule has 0 aliphatic carbocycles. The van der Waals surface area contributed by atoms with Crippen molar-refractivity contribution < 1.29 is 4.92 Å². The van der Waals surface area contributed by atoms with Gasteiger partial charge < -0.3 is 5.73 Å². The fraction of sp³-hybridized carbons (Fsp3) is 0.250. The molecule has 0 saturated carbocycles. The molecule has 1 aromatic carbocycles. The van der Waals surface area contributed by atoms with Gasteiger partial charge in [0.25, 0.3) is 5.69 Å². The summed E-state index contributed by atoms with van der Waals surface area (Å²) in [7, 11) is 0. The summed E-state index contributed by atoms with van der Waals surface area (Å²) < 4.78 is 0. The van der Waals surface area contributed by atoms with Gasteiger partial charge in [0.1, 0.15) is 5.02 Å². The Hall–Kier alpha value is -1.13. The summed E-state index contributed by atoms with van der Waals surface area (Å²) in [6.07, 6.45) is 0. The summed E-state index contributed by atoms with van der Waals surface area (Å²) in [6, 6.07) is 4.32. The first-order valence-corrected chi connectivity index (χ1v) is 4.09. The van der Waals surface area contributed by atoms with Crippen molar-refractivity contribution in [2.45, 2.75) is 13.0 Å². The lowest BCUT2D eigenvalue weighted by molar-refractivity contribution is -0.384. The number of hydrogen-bond donors (Lipinski definition) is 1. The van der Waals surface area contributed by atoms with Crippen molar-refractivity contribution >= 4 is 17.3 Å². The standard InChI is InChI=1S/C8H9ClN2O2/c1-5(10)6-2-3-8(11(12)13)7(9)4-6/h2-5H,10H2,1H3/t5-/m0/s1. The van der Waals surface area contributed by atoms with E-state index in [1.54, 1.807) is 13.0 Å². The van der Waals surface area contributed by atoms with Crippen molar-refractivity contribution in [3.63, 3.8) is 0 Å². The third-order valence-electron chi connectivity index (χ3n) is 1.69. The van der Waals surface area contributed by atoms with Crippen LogP contribution in [0.2, 0.25) is 5.02 Å². The Bertz CT molecular complexity index is 339. The molecular weight excluding hydrogens is 192 g/mol. The van der Waals surface area contributed by atoms with Gasteiger partial charge in [-0.05, 0) is 18.6 Å². The van der Waals surface area contributed by atoms with E-state index >= 15 is 0 Å². The number of nitrogens with zero attached hydrogens (tertiary/aromatic N) is 1. The highest BCUT2D eigenvalue weighted by Gasteiger charge is 2.12. The number of halogens is 1. The maximum absolute atomic E-state index is 10.4. The Morgan fingerprint density at radius 3 is 2.62 bits per heavy atom. The first-order valence-electron chi connectivity index (χ1n) is 3.72. The average Bonchev–Trinajstić information content (AvgIpc) is 2.03. The van der Waals surface area contributed by atoms with Crippen molar-refractivity contribution in [3.05, 3.63) is 38.9 Å². The van der Waals surface area contributed by atoms with E-state index in [1.807, 2.05) is 0 Å². The lowest BCUT2D eigenvalue weighted by Crippen LogP contribution is -2.04. The van der Waals surface area contributed by atoms with E-state index in [-0.39, 0.29) is 16.8 Å².